The number of hydrogen-bond donors (Lipinski definition) is 2. The Labute approximate surface area is 230 Å². The van der Waals surface area contributed by atoms with Gasteiger partial charge in [0.15, 0.2) is 0 Å². The Morgan fingerprint density at radius 2 is 1.42 bits per heavy atom. The number of likely N-dealkylation sites (tertiary alicyclic amines) is 1. The summed E-state index contributed by atoms with van der Waals surface area (Å²) >= 11 is 2.15. The predicted molar refractivity (Wildman–Crippen MR) is 161 cm³/mol. The smallest absolute Gasteiger partial charge is 0.241 e. The molecule has 0 saturated carbocycles. The summed E-state index contributed by atoms with van der Waals surface area (Å²) in [6, 6.07) is 16.3. The molecular formula is C30H40IN3O2. The van der Waals surface area contributed by atoms with E-state index in [1.165, 1.54) is 33.4 Å². The molecule has 36 heavy (non-hydrogen) atoms. The molecule has 0 spiro atoms. The van der Waals surface area contributed by atoms with Gasteiger partial charge in [0, 0.05) is 25.0 Å². The lowest BCUT2D eigenvalue weighted by Crippen LogP contribution is -2.52. The summed E-state index contributed by atoms with van der Waals surface area (Å²) in [5.74, 6) is -0.202. The van der Waals surface area contributed by atoms with Gasteiger partial charge in [-0.3, -0.25) is 9.59 Å². The van der Waals surface area contributed by atoms with Crippen LogP contribution >= 0.6 is 22.6 Å². The largest absolute Gasteiger partial charge is 0.354 e. The second-order valence-corrected chi connectivity index (χ2v) is 9.88. The van der Waals surface area contributed by atoms with Crippen LogP contribution in [0.2, 0.25) is 0 Å². The van der Waals surface area contributed by atoms with Gasteiger partial charge in [0.25, 0.3) is 0 Å². The molecule has 2 amide bonds. The molecular weight excluding hydrogens is 561 g/mol. The van der Waals surface area contributed by atoms with Crippen molar-refractivity contribution >= 4 is 52.1 Å². The maximum atomic E-state index is 12.9. The van der Waals surface area contributed by atoms with E-state index < -0.39 is 11.5 Å². The van der Waals surface area contributed by atoms with Gasteiger partial charge >= 0.3 is 0 Å². The predicted octanol–water partition coefficient (Wildman–Crippen LogP) is 5.77. The fraction of sp³-hybridized carbons (Fsp3) is 0.400. The van der Waals surface area contributed by atoms with Crippen LogP contribution in [0.5, 0.6) is 0 Å². The van der Waals surface area contributed by atoms with Crippen molar-refractivity contribution in [3.63, 3.8) is 0 Å². The van der Waals surface area contributed by atoms with Crippen LogP contribution in [0.1, 0.15) is 63.3 Å². The molecule has 194 valence electrons. The highest BCUT2D eigenvalue weighted by Crippen LogP contribution is 2.38. The summed E-state index contributed by atoms with van der Waals surface area (Å²) in [7, 11) is 0. The summed E-state index contributed by atoms with van der Waals surface area (Å²) in [4.78, 5) is 28.8. The van der Waals surface area contributed by atoms with Crippen LogP contribution in [0.25, 0.3) is 17.7 Å². The number of fused-ring (bicyclic) bond motifs is 2. The molecule has 1 heterocycles. The van der Waals surface area contributed by atoms with Gasteiger partial charge in [-0.2, -0.15) is 0 Å². The molecule has 2 aromatic carbocycles. The van der Waals surface area contributed by atoms with E-state index in [2.05, 4.69) is 88.6 Å². The number of nitrogens with two attached hydrogens (primary N) is 1. The van der Waals surface area contributed by atoms with Crippen LogP contribution in [0.15, 0.2) is 54.1 Å². The Kier molecular flexibility index (Phi) is 10.9. The normalized spacial score (nSPS) is 15.3. The third kappa shape index (κ3) is 6.85. The quantitative estimate of drug-likeness (QED) is 0.296. The summed E-state index contributed by atoms with van der Waals surface area (Å²) in [5.41, 5.74) is 13.2. The molecule has 1 aliphatic carbocycles. The number of halogens is 1. The summed E-state index contributed by atoms with van der Waals surface area (Å²) in [6.07, 6.45) is 5.99. The minimum atomic E-state index is -0.728. The number of nitrogens with one attached hydrogen (secondary N) is 1. The van der Waals surface area contributed by atoms with E-state index in [0.29, 0.717) is 13.1 Å². The Morgan fingerprint density at radius 1 is 0.944 bits per heavy atom. The molecule has 0 aromatic heterocycles. The summed E-state index contributed by atoms with van der Waals surface area (Å²) in [6.45, 7) is 6.95. The van der Waals surface area contributed by atoms with E-state index in [1.807, 2.05) is 30.6 Å². The van der Waals surface area contributed by atoms with Crippen molar-refractivity contribution in [2.45, 2.75) is 47.1 Å². The topological polar surface area (TPSA) is 75.4 Å². The second kappa shape index (κ2) is 13.2. The van der Waals surface area contributed by atoms with Crippen LogP contribution in [0, 0.1) is 5.41 Å². The number of carbonyl (C=O) groups excluding carboxylic acids is 2. The van der Waals surface area contributed by atoms with Gasteiger partial charge in [0.1, 0.15) is 6.04 Å². The first-order chi connectivity index (χ1) is 16.8. The number of alkyl halides is 1. The molecule has 0 unspecified atom stereocenters. The number of hydrogen-bond acceptors (Lipinski definition) is 3. The Bertz CT molecular complexity index is 1070. The molecule has 5 nitrogen and oxygen atoms in total. The monoisotopic (exact) mass is 601 g/mol. The number of piperidine rings is 1. The van der Waals surface area contributed by atoms with Gasteiger partial charge in [-0.25, -0.2) is 0 Å². The Balaban J connectivity index is 0.00000148. The van der Waals surface area contributed by atoms with E-state index in [0.717, 1.165) is 12.8 Å². The fourth-order valence-electron chi connectivity index (χ4n) is 4.48. The van der Waals surface area contributed by atoms with Gasteiger partial charge in [-0.05, 0) is 45.6 Å². The first-order valence-electron chi connectivity index (χ1n) is 12.0. The van der Waals surface area contributed by atoms with Gasteiger partial charge < -0.3 is 16.0 Å². The summed E-state index contributed by atoms with van der Waals surface area (Å²) in [5, 5.41) is 2.80. The van der Waals surface area contributed by atoms with Gasteiger partial charge in [-0.15, -0.1) is 0 Å². The molecule has 0 radical (unpaired) electrons. The minimum absolute atomic E-state index is 0. The molecule has 1 atom stereocenters. The van der Waals surface area contributed by atoms with Crippen LogP contribution in [0.4, 0.5) is 0 Å². The molecule has 0 bridgehead atoms. The average molecular weight is 602 g/mol. The zero-order valence-electron chi connectivity index (χ0n) is 21.1. The van der Waals surface area contributed by atoms with Crippen molar-refractivity contribution in [1.82, 2.24) is 10.2 Å². The molecule has 4 rings (SSSR count). The third-order valence-corrected chi connectivity index (χ3v) is 6.42. The van der Waals surface area contributed by atoms with Crippen molar-refractivity contribution in [1.29, 1.82) is 0 Å². The average Bonchev–Trinajstić information content (AvgIpc) is 3.04. The molecule has 6 heteroatoms. The van der Waals surface area contributed by atoms with Crippen molar-refractivity contribution in [2.75, 3.05) is 24.6 Å². The highest BCUT2D eigenvalue weighted by molar-refractivity contribution is 14.1. The van der Waals surface area contributed by atoms with Gasteiger partial charge in [-0.1, -0.05) is 117 Å². The van der Waals surface area contributed by atoms with E-state index in [-0.39, 0.29) is 25.8 Å². The standard InChI is InChI=1S/C28H33N3O2.CH3I.CH4/c1-28(2,3)27(33)30-18-24(29)26(32)31-16-14-21(15-17-31)25-22-10-6-4-8-19(22)12-13-20-9-5-7-11-23(20)25;1-2;/h4-13,24H,14-18,29H2,1-3H3,(H,30,33);1H3;1H4/t24-;;/m1../s1. The SMILES string of the molecule is C.CC(C)(C)C(=O)NC[C@@H](N)C(=O)N1CCC(=C2c3ccccc3C=Cc3ccccc32)CC1.CI. The maximum absolute atomic E-state index is 12.9. The number of benzene rings is 2. The van der Waals surface area contributed by atoms with Crippen LogP contribution in [0.3, 0.4) is 0 Å². The van der Waals surface area contributed by atoms with E-state index >= 15 is 0 Å². The highest BCUT2D eigenvalue weighted by atomic mass is 127. The third-order valence-electron chi connectivity index (χ3n) is 6.42. The molecule has 1 fully saturated rings. The minimum Gasteiger partial charge on any atom is -0.354 e. The van der Waals surface area contributed by atoms with Gasteiger partial charge in [0.2, 0.25) is 11.8 Å². The molecule has 1 aliphatic heterocycles. The number of carbonyl (C=O) groups is 2. The lowest BCUT2D eigenvalue weighted by Gasteiger charge is -2.32. The van der Waals surface area contributed by atoms with Crippen molar-refractivity contribution in [2.24, 2.45) is 11.1 Å². The van der Waals surface area contributed by atoms with E-state index in [9.17, 15) is 9.59 Å². The lowest BCUT2D eigenvalue weighted by molar-refractivity contribution is -0.133. The zero-order valence-corrected chi connectivity index (χ0v) is 23.3. The fourth-order valence-corrected chi connectivity index (χ4v) is 4.48. The first kappa shape index (κ1) is 29.8. The van der Waals surface area contributed by atoms with Crippen LogP contribution < -0.4 is 11.1 Å². The lowest BCUT2D eigenvalue weighted by atomic mass is 9.86. The highest BCUT2D eigenvalue weighted by Gasteiger charge is 2.28. The van der Waals surface area contributed by atoms with Crippen LogP contribution in [-0.2, 0) is 9.59 Å². The molecule has 3 N–H and O–H groups in total. The molecule has 2 aliphatic rings. The maximum Gasteiger partial charge on any atom is 0.241 e. The zero-order chi connectivity index (χ0) is 25.6. The van der Waals surface area contributed by atoms with Crippen molar-refractivity contribution < 1.29 is 9.59 Å². The van der Waals surface area contributed by atoms with E-state index in [4.69, 9.17) is 5.73 Å². The van der Waals surface area contributed by atoms with Gasteiger partial charge in [0.05, 0.1) is 0 Å². The van der Waals surface area contributed by atoms with E-state index in [1.54, 1.807) is 0 Å². The first-order valence-corrected chi connectivity index (χ1v) is 14.2. The Morgan fingerprint density at radius 3 is 1.89 bits per heavy atom. The number of amides is 2. The van der Waals surface area contributed by atoms with Crippen molar-refractivity contribution in [3.8, 4) is 0 Å². The van der Waals surface area contributed by atoms with Crippen molar-refractivity contribution in [3.05, 3.63) is 76.4 Å². The molecule has 1 saturated heterocycles. The Hall–Kier alpha value is -2.45. The number of rotatable bonds is 3. The van der Waals surface area contributed by atoms with Crippen LogP contribution in [-0.4, -0.2) is 47.3 Å². The second-order valence-electron chi connectivity index (χ2n) is 9.88. The molecule has 2 aromatic rings. The summed E-state index contributed by atoms with van der Waals surface area (Å²) < 4.78 is 0. The number of nitrogens with zero attached hydrogens (tertiary/aromatic N) is 1.